The lowest BCUT2D eigenvalue weighted by Gasteiger charge is -2.16. The summed E-state index contributed by atoms with van der Waals surface area (Å²) in [4.78, 5) is 29.2. The highest BCUT2D eigenvalue weighted by Gasteiger charge is 2.21. The van der Waals surface area contributed by atoms with E-state index in [4.69, 9.17) is 9.72 Å². The second-order valence-corrected chi connectivity index (χ2v) is 9.32. The number of benzene rings is 1. The molecule has 1 unspecified atom stereocenters. The largest absolute Gasteiger partial charge is 0.480 e. The van der Waals surface area contributed by atoms with E-state index in [2.05, 4.69) is 22.5 Å². The molecule has 1 amide bonds. The van der Waals surface area contributed by atoms with Crippen molar-refractivity contribution in [2.45, 2.75) is 57.4 Å². The van der Waals surface area contributed by atoms with E-state index in [1.165, 1.54) is 24.1 Å². The van der Waals surface area contributed by atoms with Crippen molar-refractivity contribution in [2.75, 3.05) is 13.2 Å². The molecular formula is C28H34N4O4. The van der Waals surface area contributed by atoms with Gasteiger partial charge in [0, 0.05) is 55.4 Å². The van der Waals surface area contributed by atoms with Crippen LogP contribution in [0.3, 0.4) is 0 Å². The number of aryl methyl sites for hydroxylation is 4. The van der Waals surface area contributed by atoms with Gasteiger partial charge in [-0.05, 0) is 74.3 Å². The van der Waals surface area contributed by atoms with Gasteiger partial charge in [-0.3, -0.25) is 14.5 Å². The molecule has 4 rings (SSSR count). The van der Waals surface area contributed by atoms with E-state index in [-0.39, 0.29) is 13.0 Å². The van der Waals surface area contributed by atoms with Crippen LogP contribution in [0.25, 0.3) is 11.1 Å². The molecule has 2 aromatic heterocycles. The number of hydrogen-bond acceptors (Lipinski definition) is 5. The Balaban J connectivity index is 1.18. The number of nitrogens with one attached hydrogen (secondary N) is 1. The van der Waals surface area contributed by atoms with Crippen LogP contribution in [-0.2, 0) is 35.8 Å². The number of nitrogens with zero attached hydrogens (tertiary/aromatic N) is 3. The fraction of sp³-hybridized carbons (Fsp3) is 0.429. The smallest absolute Gasteiger partial charge is 0.326 e. The molecule has 2 heterocycles. The van der Waals surface area contributed by atoms with Crippen molar-refractivity contribution in [3.05, 3.63) is 71.3 Å². The number of amides is 1. The molecule has 1 aromatic carbocycles. The summed E-state index contributed by atoms with van der Waals surface area (Å²) in [5.41, 5.74) is 5.93. The van der Waals surface area contributed by atoms with Crippen LogP contribution < -0.4 is 5.32 Å². The van der Waals surface area contributed by atoms with E-state index in [0.717, 1.165) is 48.9 Å². The minimum absolute atomic E-state index is 0.204. The van der Waals surface area contributed by atoms with Gasteiger partial charge in [-0.25, -0.2) is 4.79 Å². The fourth-order valence-corrected chi connectivity index (χ4v) is 4.49. The van der Waals surface area contributed by atoms with Gasteiger partial charge in [0.25, 0.3) is 5.91 Å². The standard InChI is InChI=1S/C28H34N4O4/c1-32-19-23(18-29-32)21-8-6-9-22(17-21)27(33)31-26(28(34)35)14-16-36-15-5-4-10-24-13-12-20-7-2-3-11-25(20)30-24/h6,8-9,12-13,17-19,26H,2-5,7,10-11,14-16H2,1H3,(H,31,33)(H,34,35). The van der Waals surface area contributed by atoms with Crippen LogP contribution in [0.1, 0.15) is 59.4 Å². The van der Waals surface area contributed by atoms with E-state index in [1.54, 1.807) is 29.1 Å². The summed E-state index contributed by atoms with van der Waals surface area (Å²) in [5.74, 6) is -1.50. The maximum absolute atomic E-state index is 12.7. The third-order valence-electron chi connectivity index (χ3n) is 6.52. The SMILES string of the molecule is Cn1cc(-c2cccc(C(=O)NC(CCOCCCCc3ccc4c(n3)CCCC4)C(=O)O)c2)cn1. The van der Waals surface area contributed by atoms with Gasteiger partial charge in [-0.1, -0.05) is 18.2 Å². The molecule has 0 saturated carbocycles. The highest BCUT2D eigenvalue weighted by atomic mass is 16.5. The molecule has 8 heteroatoms. The molecule has 2 N–H and O–H groups in total. The molecule has 0 saturated heterocycles. The van der Waals surface area contributed by atoms with Crippen LogP contribution in [0.15, 0.2) is 48.8 Å². The monoisotopic (exact) mass is 490 g/mol. The molecule has 1 aliphatic rings. The molecule has 0 fully saturated rings. The van der Waals surface area contributed by atoms with Crippen molar-refractivity contribution in [1.29, 1.82) is 0 Å². The average molecular weight is 491 g/mol. The van der Waals surface area contributed by atoms with E-state index in [9.17, 15) is 14.7 Å². The Morgan fingerprint density at radius 1 is 1.11 bits per heavy atom. The van der Waals surface area contributed by atoms with Crippen LogP contribution >= 0.6 is 0 Å². The van der Waals surface area contributed by atoms with Crippen molar-refractivity contribution in [2.24, 2.45) is 7.05 Å². The average Bonchev–Trinajstić information content (AvgIpc) is 3.33. The number of carbonyl (C=O) groups excluding carboxylic acids is 1. The summed E-state index contributed by atoms with van der Waals surface area (Å²) < 4.78 is 7.35. The van der Waals surface area contributed by atoms with E-state index in [1.807, 2.05) is 19.3 Å². The summed E-state index contributed by atoms with van der Waals surface area (Å²) in [6, 6.07) is 10.4. The van der Waals surface area contributed by atoms with Gasteiger partial charge in [-0.2, -0.15) is 5.10 Å². The zero-order valence-corrected chi connectivity index (χ0v) is 20.8. The quantitative estimate of drug-likeness (QED) is 0.372. The maximum Gasteiger partial charge on any atom is 0.326 e. The number of aromatic nitrogens is 3. The van der Waals surface area contributed by atoms with Gasteiger partial charge in [0.15, 0.2) is 0 Å². The van der Waals surface area contributed by atoms with Crippen LogP contribution in [-0.4, -0.2) is 51.0 Å². The lowest BCUT2D eigenvalue weighted by atomic mass is 9.95. The summed E-state index contributed by atoms with van der Waals surface area (Å²) in [6.45, 7) is 0.822. The Morgan fingerprint density at radius 2 is 1.97 bits per heavy atom. The highest BCUT2D eigenvalue weighted by Crippen LogP contribution is 2.21. The Hall–Kier alpha value is -3.52. The van der Waals surface area contributed by atoms with Gasteiger partial charge >= 0.3 is 5.97 Å². The Morgan fingerprint density at radius 3 is 2.78 bits per heavy atom. The number of fused-ring (bicyclic) bond motifs is 1. The van der Waals surface area contributed by atoms with Crippen LogP contribution in [0, 0.1) is 0 Å². The lowest BCUT2D eigenvalue weighted by Crippen LogP contribution is -2.41. The maximum atomic E-state index is 12.7. The third-order valence-corrected chi connectivity index (χ3v) is 6.52. The normalized spacial score (nSPS) is 13.7. The number of pyridine rings is 1. The Labute approximate surface area is 211 Å². The number of aliphatic carboxylic acids is 1. The van der Waals surface area contributed by atoms with Gasteiger partial charge in [0.1, 0.15) is 6.04 Å². The van der Waals surface area contributed by atoms with Crippen LogP contribution in [0.2, 0.25) is 0 Å². The molecule has 1 aliphatic carbocycles. The summed E-state index contributed by atoms with van der Waals surface area (Å²) in [5, 5.41) is 16.3. The van der Waals surface area contributed by atoms with E-state index < -0.39 is 17.9 Å². The number of carbonyl (C=O) groups is 2. The Kier molecular flexibility index (Phi) is 8.84. The van der Waals surface area contributed by atoms with E-state index >= 15 is 0 Å². The first-order valence-electron chi connectivity index (χ1n) is 12.7. The molecule has 0 bridgehead atoms. The van der Waals surface area contributed by atoms with Gasteiger partial charge in [0.05, 0.1) is 6.20 Å². The Bertz CT molecular complexity index is 1190. The number of ether oxygens (including phenoxy) is 1. The second kappa shape index (κ2) is 12.4. The topological polar surface area (TPSA) is 106 Å². The molecule has 0 spiro atoms. The van der Waals surface area contributed by atoms with E-state index in [0.29, 0.717) is 12.2 Å². The molecule has 3 aromatic rings. The second-order valence-electron chi connectivity index (χ2n) is 9.32. The molecule has 8 nitrogen and oxygen atoms in total. The summed E-state index contributed by atoms with van der Waals surface area (Å²) in [7, 11) is 1.83. The third kappa shape index (κ3) is 7.01. The summed E-state index contributed by atoms with van der Waals surface area (Å²) in [6.07, 6.45) is 11.3. The summed E-state index contributed by atoms with van der Waals surface area (Å²) >= 11 is 0. The molecular weight excluding hydrogens is 456 g/mol. The van der Waals surface area contributed by atoms with Crippen LogP contribution in [0.5, 0.6) is 0 Å². The fourth-order valence-electron chi connectivity index (χ4n) is 4.49. The van der Waals surface area contributed by atoms with Gasteiger partial charge in [0.2, 0.25) is 0 Å². The lowest BCUT2D eigenvalue weighted by molar-refractivity contribution is -0.139. The predicted octanol–water partition coefficient (Wildman–Crippen LogP) is 3.97. The van der Waals surface area contributed by atoms with Gasteiger partial charge < -0.3 is 15.2 Å². The van der Waals surface area contributed by atoms with Gasteiger partial charge in [-0.15, -0.1) is 0 Å². The van der Waals surface area contributed by atoms with Crippen molar-refractivity contribution in [1.82, 2.24) is 20.1 Å². The zero-order chi connectivity index (χ0) is 25.3. The first kappa shape index (κ1) is 25.6. The van der Waals surface area contributed by atoms with Crippen molar-refractivity contribution >= 4 is 11.9 Å². The zero-order valence-electron chi connectivity index (χ0n) is 20.8. The molecule has 0 aliphatic heterocycles. The van der Waals surface area contributed by atoms with Crippen LogP contribution in [0.4, 0.5) is 0 Å². The van der Waals surface area contributed by atoms with Crippen molar-refractivity contribution < 1.29 is 19.4 Å². The predicted molar refractivity (Wildman–Crippen MR) is 137 cm³/mol. The first-order valence-corrected chi connectivity index (χ1v) is 12.7. The number of rotatable bonds is 12. The first-order chi connectivity index (χ1) is 17.5. The number of hydrogen-bond donors (Lipinski definition) is 2. The number of carboxylic acids is 1. The number of unbranched alkanes of at least 4 members (excludes halogenated alkanes) is 1. The molecule has 0 radical (unpaired) electrons. The highest BCUT2D eigenvalue weighted by molar-refractivity contribution is 5.97. The minimum Gasteiger partial charge on any atom is -0.480 e. The molecule has 36 heavy (non-hydrogen) atoms. The van der Waals surface area contributed by atoms with Crippen molar-refractivity contribution in [3.8, 4) is 11.1 Å². The minimum atomic E-state index is -1.08. The number of carboxylic acid groups (broad SMARTS) is 1. The van der Waals surface area contributed by atoms with Crippen molar-refractivity contribution in [3.63, 3.8) is 0 Å². The molecule has 1 atom stereocenters. The molecule has 190 valence electrons.